The number of nitrogens with one attached hydrogen (secondary N) is 1. The van der Waals surface area contributed by atoms with Crippen molar-refractivity contribution in [2.24, 2.45) is 16.6 Å². The summed E-state index contributed by atoms with van der Waals surface area (Å²) in [4.78, 5) is 8.38. The monoisotopic (exact) mass is 285 g/mol. The van der Waals surface area contributed by atoms with Gasteiger partial charge in [-0.3, -0.25) is 0 Å². The normalized spacial score (nSPS) is 11.9. The van der Waals surface area contributed by atoms with Gasteiger partial charge in [-0.2, -0.15) is 0 Å². The van der Waals surface area contributed by atoms with Crippen molar-refractivity contribution in [2.75, 3.05) is 6.54 Å². The van der Waals surface area contributed by atoms with Crippen LogP contribution < -0.4 is 11.1 Å². The molecule has 5 heteroatoms. The molecule has 0 unspecified atom stereocenters. The van der Waals surface area contributed by atoms with Gasteiger partial charge in [-0.05, 0) is 17.0 Å². The van der Waals surface area contributed by atoms with Crippen molar-refractivity contribution in [3.63, 3.8) is 0 Å². The summed E-state index contributed by atoms with van der Waals surface area (Å²) in [6, 6.07) is 8.40. The molecular formula is C16H23N5. The Labute approximate surface area is 125 Å². The highest BCUT2D eigenvalue weighted by molar-refractivity contribution is 5.77. The van der Waals surface area contributed by atoms with Crippen molar-refractivity contribution in [3.05, 3.63) is 54.1 Å². The molecule has 0 bridgehead atoms. The Kier molecular flexibility index (Phi) is 5.37. The maximum Gasteiger partial charge on any atom is 0.188 e. The second-order valence-electron chi connectivity index (χ2n) is 5.53. The molecule has 21 heavy (non-hydrogen) atoms. The van der Waals surface area contributed by atoms with Crippen LogP contribution in [0.4, 0.5) is 0 Å². The fourth-order valence-electron chi connectivity index (χ4n) is 1.88. The lowest BCUT2D eigenvalue weighted by atomic mass is 10.1. The minimum atomic E-state index is 0.506. The topological polar surface area (TPSA) is 68.2 Å². The molecular weight excluding hydrogens is 262 g/mol. The van der Waals surface area contributed by atoms with E-state index in [1.165, 1.54) is 5.56 Å². The SMILES string of the molecule is CC(C)CNC(N)=NCc1ccc(Cn2ccnc2)cc1. The lowest BCUT2D eigenvalue weighted by Crippen LogP contribution is -2.34. The zero-order valence-corrected chi connectivity index (χ0v) is 12.7. The van der Waals surface area contributed by atoms with Crippen LogP contribution in [-0.4, -0.2) is 22.1 Å². The third-order valence-corrected chi connectivity index (χ3v) is 3.07. The van der Waals surface area contributed by atoms with E-state index in [9.17, 15) is 0 Å². The standard InChI is InChI=1S/C16H23N5/c1-13(2)9-19-16(17)20-10-14-3-5-15(6-4-14)11-21-8-7-18-12-21/h3-8,12-13H,9-11H2,1-2H3,(H3,17,19,20). The molecule has 0 aliphatic rings. The maximum atomic E-state index is 5.82. The Morgan fingerprint density at radius 2 is 2.00 bits per heavy atom. The van der Waals surface area contributed by atoms with E-state index in [1.54, 1.807) is 6.20 Å². The molecule has 3 N–H and O–H groups in total. The van der Waals surface area contributed by atoms with Gasteiger partial charge in [0.1, 0.15) is 0 Å². The Hall–Kier alpha value is -2.30. The molecule has 5 nitrogen and oxygen atoms in total. The Bertz CT molecular complexity index is 555. The predicted molar refractivity (Wildman–Crippen MR) is 85.9 cm³/mol. The van der Waals surface area contributed by atoms with Crippen LogP contribution in [0, 0.1) is 5.92 Å². The van der Waals surface area contributed by atoms with Crippen molar-refractivity contribution < 1.29 is 0 Å². The van der Waals surface area contributed by atoms with Crippen LogP contribution in [0.25, 0.3) is 0 Å². The lowest BCUT2D eigenvalue weighted by molar-refractivity contribution is 0.622. The van der Waals surface area contributed by atoms with Crippen molar-refractivity contribution in [3.8, 4) is 0 Å². The van der Waals surface area contributed by atoms with E-state index in [2.05, 4.69) is 53.4 Å². The molecule has 0 spiro atoms. The van der Waals surface area contributed by atoms with Crippen molar-refractivity contribution in [1.29, 1.82) is 0 Å². The van der Waals surface area contributed by atoms with Crippen molar-refractivity contribution >= 4 is 5.96 Å². The molecule has 1 aromatic carbocycles. The van der Waals surface area contributed by atoms with Gasteiger partial charge in [-0.15, -0.1) is 0 Å². The first-order valence-corrected chi connectivity index (χ1v) is 7.21. The van der Waals surface area contributed by atoms with Crippen LogP contribution >= 0.6 is 0 Å². The number of rotatable bonds is 6. The van der Waals surface area contributed by atoms with Crippen molar-refractivity contribution in [2.45, 2.75) is 26.9 Å². The zero-order valence-electron chi connectivity index (χ0n) is 12.7. The summed E-state index contributed by atoms with van der Waals surface area (Å²) in [6.07, 6.45) is 5.56. The average Bonchev–Trinajstić information content (AvgIpc) is 2.97. The van der Waals surface area contributed by atoms with E-state index in [1.807, 2.05) is 17.1 Å². The molecule has 0 aliphatic heterocycles. The number of hydrogen-bond acceptors (Lipinski definition) is 2. The quantitative estimate of drug-likeness (QED) is 0.630. The molecule has 0 amide bonds. The number of aromatic nitrogens is 2. The molecule has 0 atom stereocenters. The van der Waals surface area contributed by atoms with E-state index >= 15 is 0 Å². The first-order valence-electron chi connectivity index (χ1n) is 7.21. The minimum absolute atomic E-state index is 0.506. The van der Waals surface area contributed by atoms with E-state index in [0.717, 1.165) is 18.7 Å². The largest absolute Gasteiger partial charge is 0.370 e. The minimum Gasteiger partial charge on any atom is -0.370 e. The molecule has 1 heterocycles. The Morgan fingerprint density at radius 3 is 2.62 bits per heavy atom. The fourth-order valence-corrected chi connectivity index (χ4v) is 1.88. The number of nitrogens with two attached hydrogens (primary N) is 1. The summed E-state index contributed by atoms with van der Waals surface area (Å²) in [5.74, 6) is 1.06. The zero-order chi connectivity index (χ0) is 15.1. The van der Waals surface area contributed by atoms with Crippen LogP contribution in [0.2, 0.25) is 0 Å². The highest BCUT2D eigenvalue weighted by Crippen LogP contribution is 2.07. The number of nitrogens with zero attached hydrogens (tertiary/aromatic N) is 3. The first-order chi connectivity index (χ1) is 10.1. The molecule has 0 radical (unpaired) electrons. The molecule has 112 valence electrons. The van der Waals surface area contributed by atoms with Gasteiger partial charge in [0, 0.05) is 25.5 Å². The molecule has 0 saturated heterocycles. The number of guanidine groups is 1. The van der Waals surface area contributed by atoms with Crippen LogP contribution in [-0.2, 0) is 13.1 Å². The van der Waals surface area contributed by atoms with E-state index in [-0.39, 0.29) is 0 Å². The molecule has 0 fully saturated rings. The highest BCUT2D eigenvalue weighted by Gasteiger charge is 1.98. The van der Waals surface area contributed by atoms with Gasteiger partial charge in [0.2, 0.25) is 0 Å². The highest BCUT2D eigenvalue weighted by atomic mass is 15.1. The summed E-state index contributed by atoms with van der Waals surface area (Å²) in [5, 5.41) is 3.11. The summed E-state index contributed by atoms with van der Waals surface area (Å²) in [7, 11) is 0. The molecule has 1 aromatic heterocycles. The molecule has 2 rings (SSSR count). The predicted octanol–water partition coefficient (Wildman–Crippen LogP) is 1.99. The second kappa shape index (κ2) is 7.47. The maximum absolute atomic E-state index is 5.82. The van der Waals surface area contributed by atoms with Crippen LogP contribution in [0.3, 0.4) is 0 Å². The summed E-state index contributed by atoms with van der Waals surface area (Å²) in [6.45, 7) is 6.56. The molecule has 0 aliphatic carbocycles. The second-order valence-corrected chi connectivity index (χ2v) is 5.53. The summed E-state index contributed by atoms with van der Waals surface area (Å²) in [5.41, 5.74) is 8.21. The van der Waals surface area contributed by atoms with Gasteiger partial charge in [0.25, 0.3) is 0 Å². The Balaban J connectivity index is 1.86. The summed E-state index contributed by atoms with van der Waals surface area (Å²) >= 11 is 0. The first kappa shape index (κ1) is 15.1. The Morgan fingerprint density at radius 1 is 1.29 bits per heavy atom. The summed E-state index contributed by atoms with van der Waals surface area (Å²) < 4.78 is 2.04. The third kappa shape index (κ3) is 5.30. The van der Waals surface area contributed by atoms with Gasteiger partial charge in [0.15, 0.2) is 5.96 Å². The van der Waals surface area contributed by atoms with E-state index in [4.69, 9.17) is 5.73 Å². The molecule has 0 saturated carbocycles. The van der Waals surface area contributed by atoms with Gasteiger partial charge >= 0.3 is 0 Å². The number of hydrogen-bond donors (Lipinski definition) is 2. The van der Waals surface area contributed by atoms with Gasteiger partial charge < -0.3 is 15.6 Å². The van der Waals surface area contributed by atoms with E-state index in [0.29, 0.717) is 18.4 Å². The van der Waals surface area contributed by atoms with Crippen LogP contribution in [0.1, 0.15) is 25.0 Å². The van der Waals surface area contributed by atoms with Gasteiger partial charge in [-0.25, -0.2) is 9.98 Å². The molecule has 2 aromatic rings. The van der Waals surface area contributed by atoms with Crippen LogP contribution in [0.15, 0.2) is 48.0 Å². The van der Waals surface area contributed by atoms with Gasteiger partial charge in [0.05, 0.1) is 12.9 Å². The lowest BCUT2D eigenvalue weighted by Gasteiger charge is -2.08. The van der Waals surface area contributed by atoms with Crippen LogP contribution in [0.5, 0.6) is 0 Å². The van der Waals surface area contributed by atoms with Crippen molar-refractivity contribution in [1.82, 2.24) is 14.9 Å². The number of benzene rings is 1. The number of imidazole rings is 1. The fraction of sp³-hybridized carbons (Fsp3) is 0.375. The van der Waals surface area contributed by atoms with Gasteiger partial charge in [-0.1, -0.05) is 38.1 Å². The average molecular weight is 285 g/mol. The smallest absolute Gasteiger partial charge is 0.188 e. The van der Waals surface area contributed by atoms with E-state index < -0.39 is 0 Å². The third-order valence-electron chi connectivity index (χ3n) is 3.07. The number of aliphatic imine (C=N–C) groups is 1.